The van der Waals surface area contributed by atoms with E-state index >= 15 is 0 Å². The molecular formula is C15H18Cl2N2O2. The van der Waals surface area contributed by atoms with E-state index in [0.29, 0.717) is 21.7 Å². The van der Waals surface area contributed by atoms with Gasteiger partial charge >= 0.3 is 0 Å². The Morgan fingerprint density at radius 1 is 1.24 bits per heavy atom. The first-order valence-corrected chi connectivity index (χ1v) is 7.74. The number of amides is 2. The Labute approximate surface area is 134 Å². The number of hydrogen-bond acceptors (Lipinski definition) is 2. The predicted octanol–water partition coefficient (Wildman–Crippen LogP) is 3.58. The van der Waals surface area contributed by atoms with E-state index in [4.69, 9.17) is 23.2 Å². The van der Waals surface area contributed by atoms with Crippen molar-refractivity contribution in [2.45, 2.75) is 26.2 Å². The molecule has 2 amide bonds. The minimum Gasteiger partial charge on any atom is -0.342 e. The molecule has 0 aromatic heterocycles. The molecule has 0 bridgehead atoms. The van der Waals surface area contributed by atoms with E-state index < -0.39 is 5.91 Å². The summed E-state index contributed by atoms with van der Waals surface area (Å²) >= 11 is 12.0. The van der Waals surface area contributed by atoms with Crippen molar-refractivity contribution < 1.29 is 9.59 Å². The number of halogens is 2. The van der Waals surface area contributed by atoms with E-state index in [9.17, 15) is 9.59 Å². The molecule has 0 aliphatic carbocycles. The van der Waals surface area contributed by atoms with Crippen LogP contribution in [0, 0.1) is 5.92 Å². The van der Waals surface area contributed by atoms with Crippen LogP contribution in [0.25, 0.3) is 0 Å². The number of carbonyl (C=O) groups is 2. The largest absolute Gasteiger partial charge is 0.342 e. The van der Waals surface area contributed by atoms with Gasteiger partial charge in [-0.15, -0.1) is 0 Å². The van der Waals surface area contributed by atoms with Gasteiger partial charge in [0.05, 0.1) is 15.7 Å². The molecule has 1 N–H and O–H groups in total. The minimum absolute atomic E-state index is 0.150. The van der Waals surface area contributed by atoms with Gasteiger partial charge in [-0.05, 0) is 30.9 Å². The van der Waals surface area contributed by atoms with Gasteiger partial charge in [-0.25, -0.2) is 0 Å². The molecule has 6 heteroatoms. The summed E-state index contributed by atoms with van der Waals surface area (Å²) in [5, 5.41) is 3.32. The molecule has 21 heavy (non-hydrogen) atoms. The zero-order chi connectivity index (χ0) is 15.4. The summed E-state index contributed by atoms with van der Waals surface area (Å²) < 4.78 is 0. The van der Waals surface area contributed by atoms with Crippen molar-refractivity contribution in [1.29, 1.82) is 0 Å². The van der Waals surface area contributed by atoms with Crippen LogP contribution in [0.1, 0.15) is 26.2 Å². The van der Waals surface area contributed by atoms with E-state index in [0.717, 1.165) is 25.9 Å². The fraction of sp³-hybridized carbons (Fsp3) is 0.467. The van der Waals surface area contributed by atoms with Crippen LogP contribution in [0.15, 0.2) is 18.2 Å². The van der Waals surface area contributed by atoms with Crippen LogP contribution in [-0.2, 0) is 9.59 Å². The molecule has 1 fully saturated rings. The van der Waals surface area contributed by atoms with E-state index in [1.807, 2.05) is 0 Å². The maximum absolute atomic E-state index is 12.1. The third-order valence-electron chi connectivity index (χ3n) is 3.68. The summed E-state index contributed by atoms with van der Waals surface area (Å²) in [5.74, 6) is 0.0982. The first kappa shape index (κ1) is 16.1. The maximum Gasteiger partial charge on any atom is 0.233 e. The Balaban J connectivity index is 1.91. The maximum atomic E-state index is 12.1. The van der Waals surface area contributed by atoms with Crippen molar-refractivity contribution >= 4 is 40.7 Å². The number of para-hydroxylation sites is 1. The zero-order valence-electron chi connectivity index (χ0n) is 11.9. The molecule has 0 radical (unpaired) electrons. The molecule has 0 atom stereocenters. The molecule has 4 nitrogen and oxygen atoms in total. The average molecular weight is 329 g/mol. The Morgan fingerprint density at radius 2 is 1.81 bits per heavy atom. The number of rotatable bonds is 3. The lowest BCUT2D eigenvalue weighted by Crippen LogP contribution is -2.39. The quantitative estimate of drug-likeness (QED) is 0.862. The molecule has 1 heterocycles. The summed E-state index contributed by atoms with van der Waals surface area (Å²) in [6.07, 6.45) is 1.79. The van der Waals surface area contributed by atoms with Gasteiger partial charge in [0.2, 0.25) is 11.8 Å². The second-order valence-electron chi connectivity index (χ2n) is 5.38. The standard InChI is InChI=1S/C15H18Cl2N2O2/c1-10-5-7-19(8-6-10)14(21)9-13(20)18-15-11(16)3-2-4-12(15)17/h2-4,10H,5-9H2,1H3,(H,18,20). The summed E-state index contributed by atoms with van der Waals surface area (Å²) in [4.78, 5) is 25.8. The third-order valence-corrected chi connectivity index (χ3v) is 4.31. The minimum atomic E-state index is -0.395. The predicted molar refractivity (Wildman–Crippen MR) is 84.7 cm³/mol. The normalized spacial score (nSPS) is 15.9. The number of carbonyl (C=O) groups excluding carboxylic acids is 2. The van der Waals surface area contributed by atoms with Gasteiger partial charge in [0.15, 0.2) is 0 Å². The van der Waals surface area contributed by atoms with Crippen molar-refractivity contribution in [2.24, 2.45) is 5.92 Å². The molecule has 1 saturated heterocycles. The Bertz CT molecular complexity index is 520. The Morgan fingerprint density at radius 3 is 2.38 bits per heavy atom. The molecule has 1 aliphatic heterocycles. The van der Waals surface area contributed by atoms with Crippen molar-refractivity contribution in [2.75, 3.05) is 18.4 Å². The molecule has 0 spiro atoms. The number of piperidine rings is 1. The van der Waals surface area contributed by atoms with Crippen molar-refractivity contribution in [3.63, 3.8) is 0 Å². The summed E-state index contributed by atoms with van der Waals surface area (Å²) in [5.41, 5.74) is 0.353. The smallest absolute Gasteiger partial charge is 0.233 e. The van der Waals surface area contributed by atoms with E-state index in [1.165, 1.54) is 0 Å². The third kappa shape index (κ3) is 4.35. The van der Waals surface area contributed by atoms with Crippen LogP contribution >= 0.6 is 23.2 Å². The molecule has 2 rings (SSSR count). The topological polar surface area (TPSA) is 49.4 Å². The molecule has 1 aliphatic rings. The summed E-state index contributed by atoms with van der Waals surface area (Å²) in [6, 6.07) is 4.97. The highest BCUT2D eigenvalue weighted by Gasteiger charge is 2.22. The van der Waals surface area contributed by atoms with E-state index in [1.54, 1.807) is 23.1 Å². The number of nitrogens with zero attached hydrogens (tertiary/aromatic N) is 1. The van der Waals surface area contributed by atoms with Crippen molar-refractivity contribution in [3.8, 4) is 0 Å². The molecule has 0 saturated carbocycles. The number of anilines is 1. The molecule has 0 unspecified atom stereocenters. The SMILES string of the molecule is CC1CCN(C(=O)CC(=O)Nc2c(Cl)cccc2Cl)CC1. The molecule has 1 aromatic carbocycles. The van der Waals surface area contributed by atoms with Crippen LogP contribution in [0.4, 0.5) is 5.69 Å². The van der Waals surface area contributed by atoms with Crippen LogP contribution in [0.3, 0.4) is 0 Å². The van der Waals surface area contributed by atoms with Gasteiger partial charge in [0, 0.05) is 13.1 Å². The lowest BCUT2D eigenvalue weighted by molar-refractivity contribution is -0.135. The van der Waals surface area contributed by atoms with Crippen LogP contribution in [-0.4, -0.2) is 29.8 Å². The Kier molecular flexibility index (Phi) is 5.48. The Hall–Kier alpha value is -1.26. The summed E-state index contributed by atoms with van der Waals surface area (Å²) in [7, 11) is 0. The molecular weight excluding hydrogens is 311 g/mol. The van der Waals surface area contributed by atoms with Crippen LogP contribution in [0.2, 0.25) is 10.0 Å². The second kappa shape index (κ2) is 7.14. The highest BCUT2D eigenvalue weighted by molar-refractivity contribution is 6.39. The number of likely N-dealkylation sites (tertiary alicyclic amines) is 1. The van der Waals surface area contributed by atoms with E-state index in [2.05, 4.69) is 12.2 Å². The van der Waals surface area contributed by atoms with Crippen LogP contribution < -0.4 is 5.32 Å². The first-order valence-electron chi connectivity index (χ1n) is 6.99. The molecule has 1 aromatic rings. The van der Waals surface area contributed by atoms with E-state index in [-0.39, 0.29) is 12.3 Å². The fourth-order valence-corrected chi connectivity index (χ4v) is 2.80. The summed E-state index contributed by atoms with van der Waals surface area (Å²) in [6.45, 7) is 3.62. The van der Waals surface area contributed by atoms with Gasteiger partial charge in [0.25, 0.3) is 0 Å². The average Bonchev–Trinajstić information content (AvgIpc) is 2.43. The monoisotopic (exact) mass is 328 g/mol. The fourth-order valence-electron chi connectivity index (χ4n) is 2.31. The second-order valence-corrected chi connectivity index (χ2v) is 6.20. The number of hydrogen-bond donors (Lipinski definition) is 1. The van der Waals surface area contributed by atoms with Crippen molar-refractivity contribution in [3.05, 3.63) is 28.2 Å². The van der Waals surface area contributed by atoms with Gasteiger partial charge in [-0.2, -0.15) is 0 Å². The molecule has 114 valence electrons. The number of nitrogens with one attached hydrogen (secondary N) is 1. The van der Waals surface area contributed by atoms with Crippen molar-refractivity contribution in [1.82, 2.24) is 4.90 Å². The lowest BCUT2D eigenvalue weighted by atomic mass is 9.99. The van der Waals surface area contributed by atoms with Gasteiger partial charge in [0.1, 0.15) is 6.42 Å². The zero-order valence-corrected chi connectivity index (χ0v) is 13.4. The van der Waals surface area contributed by atoms with Crippen LogP contribution in [0.5, 0.6) is 0 Å². The first-order chi connectivity index (χ1) is 9.97. The van der Waals surface area contributed by atoms with Gasteiger partial charge in [-0.3, -0.25) is 9.59 Å². The lowest BCUT2D eigenvalue weighted by Gasteiger charge is -2.30. The highest BCUT2D eigenvalue weighted by Crippen LogP contribution is 2.29. The number of benzene rings is 1. The van der Waals surface area contributed by atoms with Gasteiger partial charge < -0.3 is 10.2 Å². The van der Waals surface area contributed by atoms with Gasteiger partial charge in [-0.1, -0.05) is 36.2 Å². The highest BCUT2D eigenvalue weighted by atomic mass is 35.5.